The number of amides is 1. The van der Waals surface area contributed by atoms with E-state index in [0.29, 0.717) is 34.0 Å². The van der Waals surface area contributed by atoms with Crippen molar-refractivity contribution in [3.8, 4) is 0 Å². The van der Waals surface area contributed by atoms with Crippen LogP contribution in [0.3, 0.4) is 0 Å². The maximum absolute atomic E-state index is 13.2. The molecule has 1 unspecified atom stereocenters. The van der Waals surface area contributed by atoms with E-state index in [1.165, 1.54) is 11.0 Å². The van der Waals surface area contributed by atoms with Gasteiger partial charge in [0.15, 0.2) is 0 Å². The van der Waals surface area contributed by atoms with Crippen molar-refractivity contribution in [1.29, 1.82) is 0 Å². The average molecular weight is 477 g/mol. The summed E-state index contributed by atoms with van der Waals surface area (Å²) in [6.45, 7) is 2.03. The number of ketones is 1. The maximum atomic E-state index is 13.2. The van der Waals surface area contributed by atoms with Gasteiger partial charge in [0.25, 0.3) is 11.7 Å². The molecule has 1 atom stereocenters. The van der Waals surface area contributed by atoms with Crippen LogP contribution in [0, 0.1) is 0 Å². The molecule has 34 heavy (non-hydrogen) atoms. The first kappa shape index (κ1) is 23.2. The highest BCUT2D eigenvalue weighted by molar-refractivity contribution is 6.51. The minimum Gasteiger partial charge on any atom is -0.507 e. The van der Waals surface area contributed by atoms with E-state index in [1.54, 1.807) is 73.9 Å². The van der Waals surface area contributed by atoms with E-state index >= 15 is 0 Å². The lowest BCUT2D eigenvalue weighted by atomic mass is 9.96. The number of aliphatic hydroxyl groups is 1. The van der Waals surface area contributed by atoms with Crippen molar-refractivity contribution in [2.45, 2.75) is 19.4 Å². The fraction of sp³-hybridized carbons (Fsp3) is 0.154. The van der Waals surface area contributed by atoms with Gasteiger partial charge < -0.3 is 9.84 Å². The minimum atomic E-state index is -0.899. The summed E-state index contributed by atoms with van der Waals surface area (Å²) in [4.78, 5) is 43.5. The monoisotopic (exact) mass is 476 g/mol. The molecule has 1 fully saturated rings. The molecule has 1 aromatic heterocycles. The second kappa shape index (κ2) is 9.89. The highest BCUT2D eigenvalue weighted by atomic mass is 35.5. The molecule has 1 aliphatic heterocycles. The molecule has 1 N–H and O–H groups in total. The van der Waals surface area contributed by atoms with Gasteiger partial charge in [-0.05, 0) is 48.4 Å². The number of hydrogen-bond donors (Lipinski definition) is 1. The van der Waals surface area contributed by atoms with Gasteiger partial charge in [-0.25, -0.2) is 0 Å². The molecule has 2 heterocycles. The fourth-order valence-corrected chi connectivity index (χ4v) is 4.09. The highest BCUT2D eigenvalue weighted by Crippen LogP contribution is 2.42. The number of Topliss-reactive ketones (excluding diaryl/α,β-unsaturated/α-hetero) is 1. The van der Waals surface area contributed by atoms with Crippen molar-refractivity contribution in [2.75, 3.05) is 11.5 Å². The number of carbonyl (C=O) groups is 3. The second-order valence-electron chi connectivity index (χ2n) is 7.61. The molecule has 0 saturated carbocycles. The summed E-state index contributed by atoms with van der Waals surface area (Å²) in [5.41, 5.74) is 1.96. The smallest absolute Gasteiger partial charge is 0.310 e. The summed E-state index contributed by atoms with van der Waals surface area (Å²) >= 11 is 6.07. The Balaban J connectivity index is 1.79. The Morgan fingerprint density at radius 1 is 1.12 bits per heavy atom. The van der Waals surface area contributed by atoms with Gasteiger partial charge in [0.1, 0.15) is 5.76 Å². The van der Waals surface area contributed by atoms with Crippen LogP contribution in [-0.4, -0.2) is 34.4 Å². The standard InChI is InChI=1S/C26H21ClN2O5/c1-2-34-21(30)13-16-8-10-20(11-9-16)29-23(18-6-4-12-28-15-18)22(25(32)26(29)33)24(31)17-5-3-7-19(27)14-17/h3-12,14-15,23,31H,2,13H2,1H3/b24-22-. The lowest BCUT2D eigenvalue weighted by molar-refractivity contribution is -0.142. The van der Waals surface area contributed by atoms with Crippen LogP contribution in [0.15, 0.2) is 78.6 Å². The second-order valence-corrected chi connectivity index (χ2v) is 8.05. The number of ether oxygens (including phenoxy) is 1. The van der Waals surface area contributed by atoms with Crippen LogP contribution in [0.5, 0.6) is 0 Å². The van der Waals surface area contributed by atoms with Crippen LogP contribution in [0.4, 0.5) is 5.69 Å². The zero-order chi connectivity index (χ0) is 24.2. The van der Waals surface area contributed by atoms with Gasteiger partial charge in [-0.3, -0.25) is 24.3 Å². The molecule has 8 heteroatoms. The Hall–Kier alpha value is -3.97. The van der Waals surface area contributed by atoms with Gasteiger partial charge in [0.05, 0.1) is 24.6 Å². The van der Waals surface area contributed by atoms with Gasteiger partial charge >= 0.3 is 5.97 Å². The van der Waals surface area contributed by atoms with Crippen LogP contribution < -0.4 is 4.90 Å². The molecule has 1 aliphatic rings. The van der Waals surface area contributed by atoms with Crippen molar-refractivity contribution in [2.24, 2.45) is 0 Å². The first-order valence-electron chi connectivity index (χ1n) is 10.6. The Kier molecular flexibility index (Phi) is 6.75. The quantitative estimate of drug-likeness (QED) is 0.244. The largest absolute Gasteiger partial charge is 0.507 e. The number of esters is 1. The zero-order valence-electron chi connectivity index (χ0n) is 18.3. The molecule has 1 amide bonds. The summed E-state index contributed by atoms with van der Waals surface area (Å²) in [7, 11) is 0. The molecule has 4 rings (SSSR count). The molecule has 0 aliphatic carbocycles. The number of aliphatic hydroxyl groups excluding tert-OH is 1. The van der Waals surface area contributed by atoms with Gasteiger partial charge in [0, 0.05) is 28.7 Å². The SMILES string of the molecule is CCOC(=O)Cc1ccc(N2C(=O)C(=O)/C(=C(\O)c3cccc(Cl)c3)C2c2cccnc2)cc1. The van der Waals surface area contributed by atoms with Crippen molar-refractivity contribution in [1.82, 2.24) is 4.98 Å². The predicted molar refractivity (Wildman–Crippen MR) is 127 cm³/mol. The number of pyridine rings is 1. The Labute approximate surface area is 201 Å². The van der Waals surface area contributed by atoms with Gasteiger partial charge in [0.2, 0.25) is 0 Å². The van der Waals surface area contributed by atoms with Crippen molar-refractivity contribution in [3.63, 3.8) is 0 Å². The van der Waals surface area contributed by atoms with E-state index in [2.05, 4.69) is 4.98 Å². The van der Waals surface area contributed by atoms with Crippen molar-refractivity contribution >= 4 is 40.7 Å². The molecule has 3 aromatic rings. The highest BCUT2D eigenvalue weighted by Gasteiger charge is 2.47. The maximum Gasteiger partial charge on any atom is 0.310 e. The van der Waals surface area contributed by atoms with Crippen molar-refractivity contribution in [3.05, 3.63) is 100 Å². The minimum absolute atomic E-state index is 0.0594. The third-order valence-electron chi connectivity index (χ3n) is 5.41. The molecule has 2 aromatic carbocycles. The number of aromatic nitrogens is 1. The number of rotatable bonds is 6. The molecule has 0 bridgehead atoms. The summed E-state index contributed by atoms with van der Waals surface area (Å²) in [6, 6.07) is 15.7. The molecule has 0 radical (unpaired) electrons. The Morgan fingerprint density at radius 3 is 2.53 bits per heavy atom. The van der Waals surface area contributed by atoms with E-state index in [4.69, 9.17) is 16.3 Å². The first-order valence-corrected chi connectivity index (χ1v) is 11.0. The summed E-state index contributed by atoms with van der Waals surface area (Å²) in [5, 5.41) is 11.5. The third-order valence-corrected chi connectivity index (χ3v) is 5.65. The van der Waals surface area contributed by atoms with Crippen LogP contribution in [0.1, 0.15) is 29.7 Å². The Bertz CT molecular complexity index is 1270. The number of halogens is 1. The number of hydrogen-bond acceptors (Lipinski definition) is 6. The fourth-order valence-electron chi connectivity index (χ4n) is 3.90. The first-order chi connectivity index (χ1) is 16.4. The molecule has 7 nitrogen and oxygen atoms in total. The predicted octanol–water partition coefficient (Wildman–Crippen LogP) is 4.47. The van der Waals surface area contributed by atoms with E-state index in [9.17, 15) is 19.5 Å². The Morgan fingerprint density at radius 2 is 1.88 bits per heavy atom. The van der Waals surface area contributed by atoms with E-state index < -0.39 is 17.7 Å². The van der Waals surface area contributed by atoms with Gasteiger partial charge in [-0.15, -0.1) is 0 Å². The summed E-state index contributed by atoms with van der Waals surface area (Å²) in [5.74, 6) is -2.28. The van der Waals surface area contributed by atoms with E-state index in [0.717, 1.165) is 0 Å². The van der Waals surface area contributed by atoms with Crippen LogP contribution in [0.25, 0.3) is 5.76 Å². The summed E-state index contributed by atoms with van der Waals surface area (Å²) in [6.07, 6.45) is 3.22. The molecule has 172 valence electrons. The van der Waals surface area contributed by atoms with E-state index in [-0.39, 0.29) is 23.7 Å². The topological polar surface area (TPSA) is 96.8 Å². The van der Waals surface area contributed by atoms with E-state index in [1.807, 2.05) is 0 Å². The van der Waals surface area contributed by atoms with Gasteiger partial charge in [-0.1, -0.05) is 41.9 Å². The van der Waals surface area contributed by atoms with Crippen molar-refractivity contribution < 1.29 is 24.2 Å². The number of carbonyl (C=O) groups excluding carboxylic acids is 3. The molecule has 1 saturated heterocycles. The normalized spacial score (nSPS) is 17.1. The van der Waals surface area contributed by atoms with Gasteiger partial charge in [-0.2, -0.15) is 0 Å². The zero-order valence-corrected chi connectivity index (χ0v) is 19.0. The van der Waals surface area contributed by atoms with Crippen LogP contribution in [-0.2, 0) is 25.5 Å². The number of anilines is 1. The van der Waals surface area contributed by atoms with Crippen LogP contribution in [0.2, 0.25) is 5.02 Å². The van der Waals surface area contributed by atoms with Crippen LogP contribution >= 0.6 is 11.6 Å². The molecular weight excluding hydrogens is 456 g/mol. The molecular formula is C26H21ClN2O5. The average Bonchev–Trinajstić information content (AvgIpc) is 3.10. The number of nitrogens with zero attached hydrogens (tertiary/aromatic N) is 2. The summed E-state index contributed by atoms with van der Waals surface area (Å²) < 4.78 is 4.97. The molecule has 0 spiro atoms. The lowest BCUT2D eigenvalue weighted by Crippen LogP contribution is -2.29. The number of benzene rings is 2. The third kappa shape index (κ3) is 4.56. The lowest BCUT2D eigenvalue weighted by Gasteiger charge is -2.25.